The number of carboxylic acids is 1. The van der Waals surface area contributed by atoms with Crippen LogP contribution in [-0.2, 0) is 4.79 Å². The minimum atomic E-state index is -4.78. The summed E-state index contributed by atoms with van der Waals surface area (Å²) in [5.74, 6) is -1.05. The smallest absolute Gasteiger partial charge is 0.429 e. The topological polar surface area (TPSA) is 116 Å². The van der Waals surface area contributed by atoms with Crippen LogP contribution >= 0.6 is 35.3 Å². The van der Waals surface area contributed by atoms with Gasteiger partial charge in [0.2, 0.25) is 12.0 Å². The molecule has 0 fully saturated rings. The highest BCUT2D eigenvalue weighted by Crippen LogP contribution is 2.44. The Balaban J connectivity index is 0.00000387. The predicted molar refractivity (Wildman–Crippen MR) is 153 cm³/mol. The van der Waals surface area contributed by atoms with Crippen LogP contribution in [-0.4, -0.2) is 43.0 Å². The maximum Gasteiger partial charge on any atom is 0.429 e. The van der Waals surface area contributed by atoms with Crippen LogP contribution in [0.5, 0.6) is 5.88 Å². The molecule has 218 valence electrons. The minimum absolute atomic E-state index is 0. The van der Waals surface area contributed by atoms with E-state index in [-0.39, 0.29) is 40.5 Å². The number of rotatable bonds is 8. The number of ether oxygens (including phenoxy) is 1. The number of nitrogens with zero attached hydrogens (tertiary/aromatic N) is 4. The van der Waals surface area contributed by atoms with E-state index in [1.165, 1.54) is 40.5 Å². The van der Waals surface area contributed by atoms with Crippen molar-refractivity contribution in [1.82, 2.24) is 19.7 Å². The van der Waals surface area contributed by atoms with Crippen molar-refractivity contribution >= 4 is 57.1 Å². The van der Waals surface area contributed by atoms with Crippen LogP contribution < -0.4 is 10.5 Å². The van der Waals surface area contributed by atoms with Gasteiger partial charge < -0.3 is 15.6 Å². The Morgan fingerprint density at radius 1 is 1.32 bits per heavy atom. The van der Waals surface area contributed by atoms with Crippen LogP contribution in [0.15, 0.2) is 48.2 Å². The lowest BCUT2D eigenvalue weighted by Crippen LogP contribution is -2.32. The summed E-state index contributed by atoms with van der Waals surface area (Å²) in [6, 6.07) is 4.84. The molecule has 0 radical (unpaired) electrons. The molecule has 3 aromatic heterocycles. The van der Waals surface area contributed by atoms with Crippen molar-refractivity contribution in [3.8, 4) is 11.6 Å². The molecule has 0 saturated carbocycles. The fraction of sp³-hybridized carbons (Fsp3) is 0.333. The van der Waals surface area contributed by atoms with Crippen molar-refractivity contribution in [3.05, 3.63) is 70.1 Å². The summed E-state index contributed by atoms with van der Waals surface area (Å²) in [6.07, 6.45) is 0.117. The summed E-state index contributed by atoms with van der Waals surface area (Å²) in [4.78, 5) is 19.5. The number of alkyl halides is 3. The first-order chi connectivity index (χ1) is 19.0. The Kier molecular flexibility index (Phi) is 9.27. The van der Waals surface area contributed by atoms with Gasteiger partial charge in [0.05, 0.1) is 16.9 Å². The standard InChI is InChI=1S/C27H25ClF3N5O3S.ClH/c1-14-8-9-36(35-14)21-11-17(28)6-7-18(21)24(27(29,30)31)39-25-23-22(33-13-34-25)19(12-40-23)16-4-2-15(3-5-16)10-20(32)26(37)38;/h4,6-9,11-13,15,20,24H,2-3,5,10,32H2,1H3,(H,37,38);1H. The average molecular weight is 629 g/mol. The first kappa shape index (κ1) is 30.8. The molecule has 1 aliphatic carbocycles. The Morgan fingerprint density at radius 2 is 2.10 bits per heavy atom. The van der Waals surface area contributed by atoms with E-state index in [1.54, 1.807) is 19.2 Å². The molecular formula is C27H26Cl2F3N5O3S. The molecule has 3 atom stereocenters. The third-order valence-corrected chi connectivity index (χ3v) is 8.05. The number of thiophene rings is 1. The fourth-order valence-electron chi connectivity index (χ4n) is 4.85. The van der Waals surface area contributed by atoms with E-state index < -0.39 is 24.3 Å². The molecule has 0 saturated heterocycles. The number of carboxylic acid groups (broad SMARTS) is 1. The molecule has 8 nitrogen and oxygen atoms in total. The molecule has 3 unspecified atom stereocenters. The Labute approximate surface area is 248 Å². The zero-order valence-electron chi connectivity index (χ0n) is 21.6. The van der Waals surface area contributed by atoms with Gasteiger partial charge in [-0.25, -0.2) is 14.6 Å². The van der Waals surface area contributed by atoms with Gasteiger partial charge in [-0.1, -0.05) is 23.7 Å². The Hall–Kier alpha value is -3.19. The lowest BCUT2D eigenvalue weighted by atomic mass is 9.83. The average Bonchev–Trinajstić information content (AvgIpc) is 3.54. The van der Waals surface area contributed by atoms with Gasteiger partial charge in [0.15, 0.2) is 0 Å². The molecule has 0 spiro atoms. The summed E-state index contributed by atoms with van der Waals surface area (Å²) < 4.78 is 50.8. The van der Waals surface area contributed by atoms with Crippen molar-refractivity contribution in [2.24, 2.45) is 11.7 Å². The third-order valence-electron chi connectivity index (χ3n) is 6.86. The van der Waals surface area contributed by atoms with Crippen LogP contribution in [0, 0.1) is 12.8 Å². The number of aryl methyl sites for hydroxylation is 1. The van der Waals surface area contributed by atoms with Gasteiger partial charge in [-0.2, -0.15) is 18.3 Å². The molecule has 3 heterocycles. The lowest BCUT2D eigenvalue weighted by molar-refractivity contribution is -0.198. The van der Waals surface area contributed by atoms with Gasteiger partial charge in [0, 0.05) is 27.7 Å². The number of allylic oxidation sites excluding steroid dienone is 2. The number of benzene rings is 1. The number of hydrogen-bond donors (Lipinski definition) is 2. The summed E-state index contributed by atoms with van der Waals surface area (Å²) >= 11 is 7.34. The van der Waals surface area contributed by atoms with Gasteiger partial charge in [-0.3, -0.25) is 4.79 Å². The van der Waals surface area contributed by atoms with E-state index in [2.05, 4.69) is 15.1 Å². The molecular weight excluding hydrogens is 602 g/mol. The van der Waals surface area contributed by atoms with E-state index >= 15 is 0 Å². The summed E-state index contributed by atoms with van der Waals surface area (Å²) in [7, 11) is 0. The van der Waals surface area contributed by atoms with E-state index in [4.69, 9.17) is 27.2 Å². The number of fused-ring (bicyclic) bond motifs is 1. The van der Waals surface area contributed by atoms with E-state index in [9.17, 15) is 18.0 Å². The Morgan fingerprint density at radius 3 is 2.73 bits per heavy atom. The normalized spacial score (nSPS) is 17.0. The second-order valence-electron chi connectivity index (χ2n) is 9.70. The van der Waals surface area contributed by atoms with Crippen molar-refractivity contribution in [3.63, 3.8) is 0 Å². The third kappa shape index (κ3) is 6.66. The van der Waals surface area contributed by atoms with Crippen molar-refractivity contribution < 1.29 is 27.8 Å². The second kappa shape index (κ2) is 12.4. The van der Waals surface area contributed by atoms with Crippen LogP contribution in [0.3, 0.4) is 0 Å². The number of aromatic nitrogens is 4. The zero-order chi connectivity index (χ0) is 28.6. The van der Waals surface area contributed by atoms with Crippen LogP contribution in [0.25, 0.3) is 21.5 Å². The fourth-order valence-corrected chi connectivity index (χ4v) is 5.99. The largest absolute Gasteiger partial charge is 0.480 e. The maximum absolute atomic E-state index is 14.5. The quantitative estimate of drug-likeness (QED) is 0.217. The van der Waals surface area contributed by atoms with E-state index in [0.717, 1.165) is 17.6 Å². The monoisotopic (exact) mass is 627 g/mol. The van der Waals surface area contributed by atoms with Crippen LogP contribution in [0.2, 0.25) is 5.02 Å². The number of nitrogens with two attached hydrogens (primary N) is 1. The molecule has 1 aliphatic rings. The van der Waals surface area contributed by atoms with Crippen LogP contribution in [0.1, 0.15) is 48.6 Å². The maximum atomic E-state index is 14.5. The second-order valence-corrected chi connectivity index (χ2v) is 11.0. The molecule has 3 N–H and O–H groups in total. The van der Waals surface area contributed by atoms with Gasteiger partial charge in [-0.05, 0) is 62.3 Å². The molecule has 1 aromatic carbocycles. The van der Waals surface area contributed by atoms with E-state index in [1.807, 2.05) is 11.5 Å². The van der Waals surface area contributed by atoms with Gasteiger partial charge in [0.1, 0.15) is 17.1 Å². The molecule has 4 aromatic rings. The van der Waals surface area contributed by atoms with Crippen molar-refractivity contribution in [1.29, 1.82) is 0 Å². The number of hydrogen-bond acceptors (Lipinski definition) is 7. The molecule has 14 heteroatoms. The van der Waals surface area contributed by atoms with Gasteiger partial charge >= 0.3 is 12.1 Å². The van der Waals surface area contributed by atoms with Crippen LogP contribution in [0.4, 0.5) is 13.2 Å². The predicted octanol–water partition coefficient (Wildman–Crippen LogP) is 6.93. The Bertz CT molecular complexity index is 1590. The van der Waals surface area contributed by atoms with Gasteiger partial charge in [0.25, 0.3) is 0 Å². The SMILES string of the molecule is Cc1ccn(-c2cc(Cl)ccc2C(Oc2ncnc3c(C4=CCC(CC(N)C(=O)O)CC4)csc23)C(F)(F)F)n1.Cl. The first-order valence-corrected chi connectivity index (χ1v) is 13.7. The zero-order valence-corrected chi connectivity index (χ0v) is 24.0. The highest BCUT2D eigenvalue weighted by atomic mass is 35.5. The molecule has 0 bridgehead atoms. The number of halogens is 5. The first-order valence-electron chi connectivity index (χ1n) is 12.5. The lowest BCUT2D eigenvalue weighted by Gasteiger charge is -2.24. The summed E-state index contributed by atoms with van der Waals surface area (Å²) in [5.41, 5.74) is 8.60. The number of carbonyl (C=O) groups is 1. The summed E-state index contributed by atoms with van der Waals surface area (Å²) in [6.45, 7) is 1.73. The number of aliphatic carboxylic acids is 1. The molecule has 41 heavy (non-hydrogen) atoms. The van der Waals surface area contributed by atoms with Crippen molar-refractivity contribution in [2.75, 3.05) is 0 Å². The highest BCUT2D eigenvalue weighted by molar-refractivity contribution is 7.17. The van der Waals surface area contributed by atoms with E-state index in [0.29, 0.717) is 35.2 Å². The molecule has 0 aliphatic heterocycles. The minimum Gasteiger partial charge on any atom is -0.480 e. The summed E-state index contributed by atoms with van der Waals surface area (Å²) in [5, 5.41) is 15.4. The molecule has 5 rings (SSSR count). The van der Waals surface area contributed by atoms with Crippen molar-refractivity contribution in [2.45, 2.75) is 50.9 Å². The van der Waals surface area contributed by atoms with Gasteiger partial charge in [-0.15, -0.1) is 23.7 Å². The highest BCUT2D eigenvalue weighted by Gasteiger charge is 2.45. The molecule has 0 amide bonds.